The number of benzene rings is 2. The summed E-state index contributed by atoms with van der Waals surface area (Å²) in [4.78, 5) is 20.8. The smallest absolute Gasteiger partial charge is 0.336 e. The van der Waals surface area contributed by atoms with Crippen LogP contribution in [0.4, 0.5) is 5.69 Å². The molecule has 0 amide bonds. The lowest BCUT2D eigenvalue weighted by Gasteiger charge is -2.46. The highest BCUT2D eigenvalue weighted by Gasteiger charge is 2.55. The second-order valence-corrected chi connectivity index (χ2v) is 13.1. The molecule has 0 aromatic heterocycles. The van der Waals surface area contributed by atoms with E-state index in [0.717, 1.165) is 61.5 Å². The Hall–Kier alpha value is -2.18. The van der Waals surface area contributed by atoms with Gasteiger partial charge in [-0.15, -0.1) is 0 Å². The predicted octanol–water partition coefficient (Wildman–Crippen LogP) is 7.69. The standard InChI is InChI=1S/C32H44ClN3O2S/c1-5-6-20-36-23-34-32(30(37)38-4,22-39-21-24-10-8-7-9-11-24)29(36)25-12-14-26(15-13-25)31(2,3)35-28-18-16-27(33)17-19-28/h7-11,16-19,23,25-26,29,35H,5-6,12-15,20-22H2,1-4H3. The summed E-state index contributed by atoms with van der Waals surface area (Å²) in [7, 11) is 1.51. The fourth-order valence-corrected chi connectivity index (χ4v) is 7.72. The van der Waals surface area contributed by atoms with Crippen molar-refractivity contribution in [2.45, 2.75) is 82.2 Å². The summed E-state index contributed by atoms with van der Waals surface area (Å²) in [5, 5.41) is 4.50. The molecule has 1 heterocycles. The Balaban J connectivity index is 1.48. The van der Waals surface area contributed by atoms with E-state index in [9.17, 15) is 4.79 Å². The molecule has 212 valence electrons. The molecular formula is C32H44ClN3O2S. The summed E-state index contributed by atoms with van der Waals surface area (Å²) in [6, 6.07) is 18.5. The lowest BCUT2D eigenvalue weighted by atomic mass is 9.68. The first kappa shape index (κ1) is 29.8. The van der Waals surface area contributed by atoms with Crippen molar-refractivity contribution in [2.75, 3.05) is 24.7 Å². The van der Waals surface area contributed by atoms with Crippen LogP contribution in [0.25, 0.3) is 0 Å². The maximum Gasteiger partial charge on any atom is 0.336 e. The minimum Gasteiger partial charge on any atom is -0.467 e. The van der Waals surface area contributed by atoms with Gasteiger partial charge in [-0.25, -0.2) is 4.79 Å². The Kier molecular flexibility index (Phi) is 10.3. The predicted molar refractivity (Wildman–Crippen MR) is 166 cm³/mol. The van der Waals surface area contributed by atoms with Crippen LogP contribution in [0.5, 0.6) is 0 Å². The number of carbonyl (C=O) groups excluding carboxylic acids is 1. The maximum atomic E-state index is 13.5. The van der Waals surface area contributed by atoms with Gasteiger partial charge in [-0.3, -0.25) is 4.99 Å². The number of hydrogen-bond donors (Lipinski definition) is 1. The van der Waals surface area contributed by atoms with Crippen molar-refractivity contribution in [3.63, 3.8) is 0 Å². The lowest BCUT2D eigenvalue weighted by molar-refractivity contribution is -0.148. The fourth-order valence-electron chi connectivity index (χ4n) is 6.39. The Bertz CT molecular complexity index is 1090. The maximum absolute atomic E-state index is 13.5. The molecule has 5 nitrogen and oxygen atoms in total. The summed E-state index contributed by atoms with van der Waals surface area (Å²) in [6.07, 6.45) is 8.55. The van der Waals surface area contributed by atoms with Gasteiger partial charge in [0.05, 0.1) is 19.5 Å². The number of anilines is 1. The van der Waals surface area contributed by atoms with Crippen molar-refractivity contribution in [1.82, 2.24) is 4.90 Å². The highest BCUT2D eigenvalue weighted by molar-refractivity contribution is 7.98. The number of carbonyl (C=O) groups is 1. The first-order valence-electron chi connectivity index (χ1n) is 14.3. The van der Waals surface area contributed by atoms with E-state index < -0.39 is 5.54 Å². The highest BCUT2D eigenvalue weighted by Crippen LogP contribution is 2.45. The number of nitrogens with zero attached hydrogens (tertiary/aromatic N) is 2. The van der Waals surface area contributed by atoms with Gasteiger partial charge in [0, 0.05) is 34.3 Å². The molecule has 1 N–H and O–H groups in total. The summed E-state index contributed by atoms with van der Waals surface area (Å²) in [5.74, 6) is 2.21. The van der Waals surface area contributed by atoms with Crippen LogP contribution in [0.2, 0.25) is 5.02 Å². The van der Waals surface area contributed by atoms with Crippen molar-refractivity contribution in [3.05, 3.63) is 65.2 Å². The molecule has 2 atom stereocenters. The molecular weight excluding hydrogens is 526 g/mol. The van der Waals surface area contributed by atoms with Crippen LogP contribution in [0, 0.1) is 11.8 Å². The van der Waals surface area contributed by atoms with E-state index >= 15 is 0 Å². The molecule has 7 heteroatoms. The average Bonchev–Trinajstić information content (AvgIpc) is 3.32. The van der Waals surface area contributed by atoms with Gasteiger partial charge in [0.15, 0.2) is 5.54 Å². The van der Waals surface area contributed by atoms with Crippen molar-refractivity contribution < 1.29 is 9.53 Å². The third kappa shape index (κ3) is 7.13. The van der Waals surface area contributed by atoms with Gasteiger partial charge in [0.2, 0.25) is 0 Å². The first-order chi connectivity index (χ1) is 18.8. The normalized spacial score (nSPS) is 25.1. The number of hydrogen-bond acceptors (Lipinski definition) is 6. The van der Waals surface area contributed by atoms with Gasteiger partial charge in [-0.1, -0.05) is 55.3 Å². The van der Waals surface area contributed by atoms with Crippen molar-refractivity contribution >= 4 is 41.4 Å². The molecule has 2 aromatic rings. The van der Waals surface area contributed by atoms with Crippen LogP contribution in [-0.4, -0.2) is 53.7 Å². The number of aliphatic imine (C=N–C) groups is 1. The Morgan fingerprint density at radius 2 is 1.82 bits per heavy atom. The van der Waals surface area contributed by atoms with E-state index in [1.54, 1.807) is 11.8 Å². The highest BCUT2D eigenvalue weighted by atomic mass is 35.5. The zero-order valence-electron chi connectivity index (χ0n) is 23.9. The molecule has 0 saturated heterocycles. The minimum absolute atomic E-state index is 0.0352. The number of rotatable bonds is 12. The molecule has 0 spiro atoms. The molecule has 1 saturated carbocycles. The molecule has 0 bridgehead atoms. The van der Waals surface area contributed by atoms with Crippen LogP contribution in [0.1, 0.15) is 64.9 Å². The number of methoxy groups -OCH3 is 1. The van der Waals surface area contributed by atoms with Crippen molar-refractivity contribution in [3.8, 4) is 0 Å². The van der Waals surface area contributed by atoms with Gasteiger partial charge in [0.1, 0.15) is 0 Å². The van der Waals surface area contributed by atoms with Crippen LogP contribution in [0.3, 0.4) is 0 Å². The van der Waals surface area contributed by atoms with Gasteiger partial charge < -0.3 is 15.0 Å². The molecule has 1 fully saturated rings. The third-order valence-corrected chi connectivity index (χ3v) is 10.0. The second kappa shape index (κ2) is 13.5. The average molecular weight is 570 g/mol. The van der Waals surface area contributed by atoms with Gasteiger partial charge in [0.25, 0.3) is 0 Å². The summed E-state index contributed by atoms with van der Waals surface area (Å²) < 4.78 is 5.45. The topological polar surface area (TPSA) is 53.9 Å². The van der Waals surface area contributed by atoms with Gasteiger partial charge in [-0.05, 0) is 87.6 Å². The molecule has 1 aliphatic heterocycles. The zero-order chi connectivity index (χ0) is 27.9. The Labute approximate surface area is 244 Å². The van der Waals surface area contributed by atoms with Gasteiger partial charge >= 0.3 is 5.97 Å². The molecule has 39 heavy (non-hydrogen) atoms. The van der Waals surface area contributed by atoms with E-state index in [0.29, 0.717) is 17.6 Å². The molecule has 2 unspecified atom stereocenters. The molecule has 2 aromatic carbocycles. The zero-order valence-corrected chi connectivity index (χ0v) is 25.4. The quantitative estimate of drug-likeness (QED) is 0.265. The van der Waals surface area contributed by atoms with Crippen LogP contribution in [0.15, 0.2) is 59.6 Å². The first-order valence-corrected chi connectivity index (χ1v) is 15.9. The third-order valence-electron chi connectivity index (χ3n) is 8.58. The van der Waals surface area contributed by atoms with E-state index in [2.05, 4.69) is 67.4 Å². The number of nitrogens with one attached hydrogen (secondary N) is 1. The van der Waals surface area contributed by atoms with Gasteiger partial charge in [-0.2, -0.15) is 11.8 Å². The van der Waals surface area contributed by atoms with Crippen LogP contribution in [-0.2, 0) is 15.3 Å². The largest absolute Gasteiger partial charge is 0.467 e. The summed E-state index contributed by atoms with van der Waals surface area (Å²) in [6.45, 7) is 7.75. The number of esters is 1. The Morgan fingerprint density at radius 1 is 1.13 bits per heavy atom. The molecule has 1 aliphatic carbocycles. The second-order valence-electron chi connectivity index (χ2n) is 11.6. The van der Waals surface area contributed by atoms with Crippen molar-refractivity contribution in [1.29, 1.82) is 0 Å². The molecule has 0 radical (unpaired) electrons. The van der Waals surface area contributed by atoms with Crippen LogP contribution >= 0.6 is 23.4 Å². The van der Waals surface area contributed by atoms with Crippen LogP contribution < -0.4 is 5.32 Å². The van der Waals surface area contributed by atoms with E-state index in [1.165, 1.54) is 12.7 Å². The lowest BCUT2D eigenvalue weighted by Crippen LogP contribution is -2.58. The van der Waals surface area contributed by atoms with E-state index in [1.807, 2.05) is 24.5 Å². The number of ether oxygens (including phenoxy) is 1. The Morgan fingerprint density at radius 3 is 2.46 bits per heavy atom. The van der Waals surface area contributed by atoms with E-state index in [4.69, 9.17) is 21.3 Å². The SMILES string of the molecule is CCCCN1C=NC(CSCc2ccccc2)(C(=O)OC)C1C1CCC(C(C)(C)Nc2ccc(Cl)cc2)CC1. The number of thioether (sulfide) groups is 1. The van der Waals surface area contributed by atoms with Crippen molar-refractivity contribution in [2.24, 2.45) is 16.8 Å². The fraction of sp³-hybridized carbons (Fsp3) is 0.562. The number of unbranched alkanes of at least 4 members (excludes halogenated alkanes) is 1. The minimum atomic E-state index is -0.865. The molecule has 4 rings (SSSR count). The van der Waals surface area contributed by atoms with E-state index in [-0.39, 0.29) is 17.6 Å². The summed E-state index contributed by atoms with van der Waals surface area (Å²) >= 11 is 7.88. The number of halogens is 1. The summed E-state index contributed by atoms with van der Waals surface area (Å²) in [5.41, 5.74) is 1.45. The molecule has 2 aliphatic rings. The monoisotopic (exact) mass is 569 g/mol.